The zero-order chi connectivity index (χ0) is 22.5. The molecule has 0 spiro atoms. The molecule has 5 atom stereocenters. The number of carbonyl (C=O) groups excluding carboxylic acids is 3. The SMILES string of the molecule is CCC(=O)NCCCNC(=O)CCCCO[C@@H]1O[C@H](CO)[C@H](O)[C@H](O)[C@H]1NC(C)=O. The quantitative estimate of drug-likeness (QED) is 0.184. The standard InChI is InChI=1S/C19H35N3O8/c1-3-14(25)20-8-6-9-21-15(26)7-4-5-10-29-19-16(22-12(2)24)18(28)17(27)13(11-23)30-19/h13,16-19,23,27-28H,3-11H2,1-2H3,(H,20,25)(H,21,26)(H,22,24)/t13-,16-,17+,18-,19-/m1/s1. The Morgan fingerprint density at radius 2 is 1.67 bits per heavy atom. The van der Waals surface area contributed by atoms with Crippen molar-refractivity contribution in [3.05, 3.63) is 0 Å². The number of carbonyl (C=O) groups is 3. The van der Waals surface area contributed by atoms with Crippen LogP contribution in [0.15, 0.2) is 0 Å². The zero-order valence-corrected chi connectivity index (χ0v) is 17.6. The van der Waals surface area contributed by atoms with E-state index in [1.165, 1.54) is 6.92 Å². The summed E-state index contributed by atoms with van der Waals surface area (Å²) in [6.07, 6.45) is -2.26. The van der Waals surface area contributed by atoms with E-state index in [-0.39, 0.29) is 18.4 Å². The largest absolute Gasteiger partial charge is 0.394 e. The number of aliphatic hydroxyl groups is 3. The van der Waals surface area contributed by atoms with Gasteiger partial charge in [0.25, 0.3) is 0 Å². The van der Waals surface area contributed by atoms with Crippen LogP contribution in [0.25, 0.3) is 0 Å². The van der Waals surface area contributed by atoms with Crippen LogP contribution in [0.4, 0.5) is 0 Å². The maximum atomic E-state index is 11.8. The predicted octanol–water partition coefficient (Wildman–Crippen LogP) is -1.85. The number of amides is 3. The Morgan fingerprint density at radius 1 is 1.00 bits per heavy atom. The van der Waals surface area contributed by atoms with E-state index >= 15 is 0 Å². The van der Waals surface area contributed by atoms with Gasteiger partial charge in [0.2, 0.25) is 17.7 Å². The molecule has 0 saturated carbocycles. The normalized spacial score (nSPS) is 26.1. The molecule has 0 aromatic rings. The van der Waals surface area contributed by atoms with E-state index in [9.17, 15) is 29.7 Å². The average molecular weight is 434 g/mol. The van der Waals surface area contributed by atoms with Crippen molar-refractivity contribution in [3.8, 4) is 0 Å². The van der Waals surface area contributed by atoms with Crippen LogP contribution >= 0.6 is 0 Å². The highest BCUT2D eigenvalue weighted by molar-refractivity contribution is 5.76. The Labute approximate surface area is 176 Å². The molecule has 1 saturated heterocycles. The molecular weight excluding hydrogens is 398 g/mol. The Morgan fingerprint density at radius 3 is 2.27 bits per heavy atom. The van der Waals surface area contributed by atoms with Crippen molar-refractivity contribution in [1.29, 1.82) is 0 Å². The van der Waals surface area contributed by atoms with Gasteiger partial charge in [0, 0.05) is 39.5 Å². The van der Waals surface area contributed by atoms with Crippen LogP contribution in [0.2, 0.25) is 0 Å². The number of hydrogen-bond donors (Lipinski definition) is 6. The third-order valence-corrected chi connectivity index (χ3v) is 4.65. The summed E-state index contributed by atoms with van der Waals surface area (Å²) in [7, 11) is 0. The summed E-state index contributed by atoms with van der Waals surface area (Å²) in [6.45, 7) is 3.75. The number of unbranched alkanes of at least 4 members (excludes halogenated alkanes) is 1. The Balaban J connectivity index is 2.26. The molecule has 0 aliphatic carbocycles. The van der Waals surface area contributed by atoms with Crippen molar-refractivity contribution in [3.63, 3.8) is 0 Å². The first-order valence-corrected chi connectivity index (χ1v) is 10.3. The second-order valence-electron chi connectivity index (χ2n) is 7.17. The van der Waals surface area contributed by atoms with Crippen LogP contribution in [0.1, 0.15) is 46.0 Å². The van der Waals surface area contributed by atoms with Crippen molar-refractivity contribution in [2.24, 2.45) is 0 Å². The van der Waals surface area contributed by atoms with E-state index in [0.29, 0.717) is 45.2 Å². The molecule has 1 aliphatic rings. The average Bonchev–Trinajstić information content (AvgIpc) is 2.71. The Kier molecular flexibility index (Phi) is 12.5. The molecular formula is C19H35N3O8. The van der Waals surface area contributed by atoms with E-state index in [4.69, 9.17) is 9.47 Å². The summed E-state index contributed by atoms with van der Waals surface area (Å²) in [5.74, 6) is -0.533. The van der Waals surface area contributed by atoms with Crippen LogP contribution in [0.3, 0.4) is 0 Å². The van der Waals surface area contributed by atoms with Gasteiger partial charge in [0.15, 0.2) is 6.29 Å². The molecule has 0 aromatic carbocycles. The minimum Gasteiger partial charge on any atom is -0.394 e. The van der Waals surface area contributed by atoms with Crippen LogP contribution in [0, 0.1) is 0 Å². The van der Waals surface area contributed by atoms with Gasteiger partial charge in [-0.15, -0.1) is 0 Å². The van der Waals surface area contributed by atoms with Crippen molar-refractivity contribution in [2.45, 2.75) is 76.6 Å². The van der Waals surface area contributed by atoms with Crippen LogP contribution in [0.5, 0.6) is 0 Å². The van der Waals surface area contributed by atoms with Crippen molar-refractivity contribution in [2.75, 3.05) is 26.3 Å². The molecule has 0 radical (unpaired) electrons. The van der Waals surface area contributed by atoms with Crippen molar-refractivity contribution < 1.29 is 39.2 Å². The van der Waals surface area contributed by atoms with Gasteiger partial charge in [-0.2, -0.15) is 0 Å². The first kappa shape index (κ1) is 26.2. The lowest BCUT2D eigenvalue weighted by molar-refractivity contribution is -0.270. The highest BCUT2D eigenvalue weighted by atomic mass is 16.7. The van der Waals surface area contributed by atoms with Gasteiger partial charge in [-0.1, -0.05) is 6.92 Å². The minimum absolute atomic E-state index is 0.0173. The molecule has 1 rings (SSSR count). The molecule has 0 aromatic heterocycles. The molecule has 0 bridgehead atoms. The number of hydrogen-bond acceptors (Lipinski definition) is 8. The van der Waals surface area contributed by atoms with Gasteiger partial charge < -0.3 is 40.7 Å². The van der Waals surface area contributed by atoms with Gasteiger partial charge in [0.05, 0.1) is 6.61 Å². The van der Waals surface area contributed by atoms with E-state index in [1.54, 1.807) is 6.92 Å². The third kappa shape index (κ3) is 9.35. The molecule has 1 heterocycles. The fraction of sp³-hybridized carbons (Fsp3) is 0.842. The Hall–Kier alpha value is -1.79. The second kappa shape index (κ2) is 14.3. The molecule has 11 heteroatoms. The summed E-state index contributed by atoms with van der Waals surface area (Å²) in [5, 5.41) is 37.4. The number of ether oxygens (including phenoxy) is 2. The van der Waals surface area contributed by atoms with Crippen LogP contribution in [-0.2, 0) is 23.9 Å². The van der Waals surface area contributed by atoms with E-state index < -0.39 is 43.2 Å². The van der Waals surface area contributed by atoms with Crippen molar-refractivity contribution >= 4 is 17.7 Å². The zero-order valence-electron chi connectivity index (χ0n) is 17.6. The third-order valence-electron chi connectivity index (χ3n) is 4.65. The van der Waals surface area contributed by atoms with E-state index in [0.717, 1.165) is 0 Å². The first-order chi connectivity index (χ1) is 14.3. The minimum atomic E-state index is -1.36. The first-order valence-electron chi connectivity index (χ1n) is 10.3. The lowest BCUT2D eigenvalue weighted by atomic mass is 9.97. The van der Waals surface area contributed by atoms with E-state index in [1.807, 2.05) is 0 Å². The smallest absolute Gasteiger partial charge is 0.219 e. The predicted molar refractivity (Wildman–Crippen MR) is 106 cm³/mol. The van der Waals surface area contributed by atoms with E-state index in [2.05, 4.69) is 16.0 Å². The summed E-state index contributed by atoms with van der Waals surface area (Å²) < 4.78 is 11.0. The lowest BCUT2D eigenvalue weighted by Gasteiger charge is -2.42. The number of aliphatic hydroxyl groups excluding tert-OH is 3. The fourth-order valence-electron chi connectivity index (χ4n) is 2.96. The summed E-state index contributed by atoms with van der Waals surface area (Å²) >= 11 is 0. The summed E-state index contributed by atoms with van der Waals surface area (Å²) in [6, 6.07) is -0.975. The van der Waals surface area contributed by atoms with Gasteiger partial charge in [-0.25, -0.2) is 0 Å². The number of rotatable bonds is 13. The molecule has 174 valence electrons. The van der Waals surface area contributed by atoms with Gasteiger partial charge >= 0.3 is 0 Å². The fourth-order valence-corrected chi connectivity index (χ4v) is 2.96. The molecule has 1 aliphatic heterocycles. The van der Waals surface area contributed by atoms with Gasteiger partial charge in [-0.3, -0.25) is 14.4 Å². The van der Waals surface area contributed by atoms with Crippen molar-refractivity contribution in [1.82, 2.24) is 16.0 Å². The van der Waals surface area contributed by atoms with Gasteiger partial charge in [-0.05, 0) is 19.3 Å². The molecule has 30 heavy (non-hydrogen) atoms. The molecule has 1 fully saturated rings. The molecule has 3 amide bonds. The highest BCUT2D eigenvalue weighted by Crippen LogP contribution is 2.22. The Bertz CT molecular complexity index is 548. The maximum Gasteiger partial charge on any atom is 0.219 e. The van der Waals surface area contributed by atoms with Crippen LogP contribution in [-0.4, -0.2) is 90.0 Å². The summed E-state index contributed by atoms with van der Waals surface area (Å²) in [4.78, 5) is 34.2. The second-order valence-corrected chi connectivity index (χ2v) is 7.17. The topological polar surface area (TPSA) is 166 Å². The molecule has 6 N–H and O–H groups in total. The molecule has 0 unspecified atom stereocenters. The number of nitrogens with one attached hydrogen (secondary N) is 3. The highest BCUT2D eigenvalue weighted by Gasteiger charge is 2.45. The molecule has 11 nitrogen and oxygen atoms in total. The van der Waals surface area contributed by atoms with Gasteiger partial charge in [0.1, 0.15) is 24.4 Å². The summed E-state index contributed by atoms with van der Waals surface area (Å²) in [5.41, 5.74) is 0. The maximum absolute atomic E-state index is 11.8. The monoisotopic (exact) mass is 433 g/mol. The van der Waals surface area contributed by atoms with Crippen LogP contribution < -0.4 is 16.0 Å². The lowest BCUT2D eigenvalue weighted by Crippen LogP contribution is -2.64.